The third-order valence-electron chi connectivity index (χ3n) is 2.03. The average molecular weight is 364 g/mol. The van der Waals surface area contributed by atoms with Crippen molar-refractivity contribution in [1.82, 2.24) is 10.2 Å². The number of hydrogen-bond acceptors (Lipinski definition) is 3. The van der Waals surface area contributed by atoms with Crippen LogP contribution in [0.25, 0.3) is 0 Å². The molecule has 0 saturated carbocycles. The normalized spacial score (nSPS) is 10.2. The summed E-state index contributed by atoms with van der Waals surface area (Å²) in [5, 5.41) is 18.8. The standard InChI is InChI=1S/C10H7ClIN3O2/c11-5-1-2-8(16)7(3-5)14-10(17)9-6(12)4-13-15-9/h1-4,16H,(H,13,15)(H,14,17). The molecule has 0 saturated heterocycles. The zero-order valence-electron chi connectivity index (χ0n) is 8.37. The van der Waals surface area contributed by atoms with Crippen molar-refractivity contribution in [2.75, 3.05) is 5.32 Å². The minimum atomic E-state index is -0.385. The van der Waals surface area contributed by atoms with Crippen molar-refractivity contribution in [3.05, 3.63) is 38.7 Å². The first-order chi connectivity index (χ1) is 8.08. The van der Waals surface area contributed by atoms with Crippen LogP contribution in [0.1, 0.15) is 10.5 Å². The summed E-state index contributed by atoms with van der Waals surface area (Å²) in [6.45, 7) is 0. The molecule has 1 aromatic heterocycles. The number of benzene rings is 1. The minimum absolute atomic E-state index is 0.0442. The highest BCUT2D eigenvalue weighted by molar-refractivity contribution is 14.1. The Labute approximate surface area is 115 Å². The number of carbonyl (C=O) groups is 1. The second kappa shape index (κ2) is 4.92. The first-order valence-electron chi connectivity index (χ1n) is 4.56. The van der Waals surface area contributed by atoms with E-state index in [4.69, 9.17) is 11.6 Å². The molecule has 3 N–H and O–H groups in total. The first-order valence-corrected chi connectivity index (χ1v) is 6.02. The maximum atomic E-state index is 11.8. The van der Waals surface area contributed by atoms with E-state index in [-0.39, 0.29) is 17.3 Å². The van der Waals surface area contributed by atoms with Gasteiger partial charge in [-0.15, -0.1) is 0 Å². The molecule has 0 spiro atoms. The number of nitrogens with zero attached hydrogens (tertiary/aromatic N) is 1. The number of phenolic OH excluding ortho intramolecular Hbond substituents is 1. The summed E-state index contributed by atoms with van der Waals surface area (Å²) in [5.41, 5.74) is 0.595. The topological polar surface area (TPSA) is 78.0 Å². The number of halogens is 2. The third-order valence-corrected chi connectivity index (χ3v) is 3.08. The lowest BCUT2D eigenvalue weighted by atomic mass is 10.3. The number of anilines is 1. The summed E-state index contributed by atoms with van der Waals surface area (Å²) in [4.78, 5) is 11.8. The first kappa shape index (κ1) is 12.2. The Balaban J connectivity index is 2.24. The Kier molecular flexibility index (Phi) is 3.53. The van der Waals surface area contributed by atoms with Gasteiger partial charge < -0.3 is 10.4 Å². The number of amides is 1. The van der Waals surface area contributed by atoms with Crippen LogP contribution in [0, 0.1) is 3.57 Å². The summed E-state index contributed by atoms with van der Waals surface area (Å²) in [7, 11) is 0. The molecule has 2 aromatic rings. The number of aromatic nitrogens is 2. The van der Waals surface area contributed by atoms with E-state index in [1.807, 2.05) is 22.6 Å². The summed E-state index contributed by atoms with van der Waals surface area (Å²) in [6, 6.07) is 4.42. The third kappa shape index (κ3) is 2.70. The van der Waals surface area contributed by atoms with Crippen LogP contribution < -0.4 is 5.32 Å². The van der Waals surface area contributed by atoms with Crippen molar-refractivity contribution >= 4 is 45.8 Å². The maximum Gasteiger partial charge on any atom is 0.274 e. The van der Waals surface area contributed by atoms with E-state index in [1.165, 1.54) is 24.4 Å². The SMILES string of the molecule is O=C(Nc1cc(Cl)ccc1O)c1[nH]ncc1I. The van der Waals surface area contributed by atoms with Gasteiger partial charge in [0.1, 0.15) is 11.4 Å². The summed E-state index contributed by atoms with van der Waals surface area (Å²) < 4.78 is 0.696. The minimum Gasteiger partial charge on any atom is -0.506 e. The Hall–Kier alpha value is -1.28. The quantitative estimate of drug-likeness (QED) is 0.567. The van der Waals surface area contributed by atoms with E-state index >= 15 is 0 Å². The van der Waals surface area contributed by atoms with E-state index < -0.39 is 0 Å². The van der Waals surface area contributed by atoms with Gasteiger partial charge in [0, 0.05) is 5.02 Å². The van der Waals surface area contributed by atoms with Gasteiger partial charge in [-0.3, -0.25) is 9.89 Å². The van der Waals surface area contributed by atoms with Gasteiger partial charge in [-0.25, -0.2) is 0 Å². The summed E-state index contributed by atoms with van der Waals surface area (Å²) in [5.74, 6) is -0.429. The number of carbonyl (C=O) groups excluding carboxylic acids is 1. The molecular weight excluding hydrogens is 356 g/mol. The summed E-state index contributed by atoms with van der Waals surface area (Å²) >= 11 is 7.76. The van der Waals surface area contributed by atoms with Crippen LogP contribution in [0.2, 0.25) is 5.02 Å². The molecule has 0 bridgehead atoms. The van der Waals surface area contributed by atoms with Crippen LogP contribution in [0.5, 0.6) is 5.75 Å². The van der Waals surface area contributed by atoms with E-state index in [1.54, 1.807) is 0 Å². The number of H-pyrrole nitrogens is 1. The fourth-order valence-corrected chi connectivity index (χ4v) is 1.90. The number of rotatable bonds is 2. The number of hydrogen-bond donors (Lipinski definition) is 3. The summed E-state index contributed by atoms with van der Waals surface area (Å²) in [6.07, 6.45) is 1.54. The van der Waals surface area contributed by atoms with Gasteiger partial charge in [-0.05, 0) is 40.8 Å². The predicted molar refractivity (Wildman–Crippen MR) is 72.4 cm³/mol. The lowest BCUT2D eigenvalue weighted by Crippen LogP contribution is -2.13. The van der Waals surface area contributed by atoms with Crippen LogP contribution in [0.3, 0.4) is 0 Å². The van der Waals surface area contributed by atoms with Crippen molar-refractivity contribution in [3.63, 3.8) is 0 Å². The zero-order valence-corrected chi connectivity index (χ0v) is 11.3. The highest BCUT2D eigenvalue weighted by atomic mass is 127. The Morgan fingerprint density at radius 1 is 1.53 bits per heavy atom. The molecule has 1 amide bonds. The maximum absolute atomic E-state index is 11.8. The van der Waals surface area contributed by atoms with E-state index in [9.17, 15) is 9.90 Å². The molecule has 17 heavy (non-hydrogen) atoms. The number of aromatic hydroxyl groups is 1. The Morgan fingerprint density at radius 3 is 2.94 bits per heavy atom. The number of aromatic amines is 1. The average Bonchev–Trinajstić information content (AvgIpc) is 2.70. The molecule has 0 aliphatic heterocycles. The molecule has 1 aromatic carbocycles. The fourth-order valence-electron chi connectivity index (χ4n) is 1.22. The van der Waals surface area contributed by atoms with E-state index in [0.29, 0.717) is 14.3 Å². The number of phenols is 1. The second-order valence-electron chi connectivity index (χ2n) is 3.21. The molecule has 1 heterocycles. The number of nitrogens with one attached hydrogen (secondary N) is 2. The molecule has 5 nitrogen and oxygen atoms in total. The van der Waals surface area contributed by atoms with Gasteiger partial charge in [0.05, 0.1) is 15.5 Å². The largest absolute Gasteiger partial charge is 0.506 e. The van der Waals surface area contributed by atoms with Gasteiger partial charge in [-0.1, -0.05) is 11.6 Å². The van der Waals surface area contributed by atoms with Gasteiger partial charge in [0.25, 0.3) is 5.91 Å². The fraction of sp³-hybridized carbons (Fsp3) is 0. The van der Waals surface area contributed by atoms with E-state index in [0.717, 1.165) is 0 Å². The van der Waals surface area contributed by atoms with Crippen molar-refractivity contribution in [2.24, 2.45) is 0 Å². The highest BCUT2D eigenvalue weighted by Crippen LogP contribution is 2.27. The molecule has 88 valence electrons. The second-order valence-corrected chi connectivity index (χ2v) is 4.81. The van der Waals surface area contributed by atoms with Gasteiger partial charge in [-0.2, -0.15) is 5.10 Å². The smallest absolute Gasteiger partial charge is 0.274 e. The van der Waals surface area contributed by atoms with Gasteiger partial charge >= 0.3 is 0 Å². The van der Waals surface area contributed by atoms with Crippen molar-refractivity contribution < 1.29 is 9.90 Å². The van der Waals surface area contributed by atoms with Crippen LogP contribution in [-0.2, 0) is 0 Å². The lowest BCUT2D eigenvalue weighted by molar-refractivity contribution is 0.102. The van der Waals surface area contributed by atoms with Gasteiger partial charge in [0.15, 0.2) is 0 Å². The van der Waals surface area contributed by atoms with E-state index in [2.05, 4.69) is 15.5 Å². The molecule has 7 heteroatoms. The van der Waals surface area contributed by atoms with Crippen molar-refractivity contribution in [1.29, 1.82) is 0 Å². The van der Waals surface area contributed by atoms with Crippen LogP contribution in [0.15, 0.2) is 24.4 Å². The zero-order chi connectivity index (χ0) is 12.4. The lowest BCUT2D eigenvalue weighted by Gasteiger charge is -2.06. The van der Waals surface area contributed by atoms with Gasteiger partial charge in [0.2, 0.25) is 0 Å². The van der Waals surface area contributed by atoms with Crippen molar-refractivity contribution in [2.45, 2.75) is 0 Å². The molecule has 0 fully saturated rings. The van der Waals surface area contributed by atoms with Crippen molar-refractivity contribution in [3.8, 4) is 5.75 Å². The van der Waals surface area contributed by atoms with Crippen LogP contribution in [-0.4, -0.2) is 21.2 Å². The molecular formula is C10H7ClIN3O2. The molecule has 0 radical (unpaired) electrons. The monoisotopic (exact) mass is 363 g/mol. The van der Waals surface area contributed by atoms with Crippen LogP contribution in [0.4, 0.5) is 5.69 Å². The molecule has 0 atom stereocenters. The molecule has 2 rings (SSSR count). The molecule has 0 aliphatic carbocycles. The Bertz CT molecular complexity index is 570. The van der Waals surface area contributed by atoms with Crippen LogP contribution >= 0.6 is 34.2 Å². The predicted octanol–water partition coefficient (Wildman–Crippen LogP) is 2.63. The highest BCUT2D eigenvalue weighted by Gasteiger charge is 2.13. The molecule has 0 unspecified atom stereocenters. The molecule has 0 aliphatic rings. The Morgan fingerprint density at radius 2 is 2.29 bits per heavy atom.